The Morgan fingerprint density at radius 2 is 0.984 bits per heavy atom. The third-order valence-corrected chi connectivity index (χ3v) is 16.3. The van der Waals surface area contributed by atoms with E-state index in [1.165, 1.54) is 102 Å². The van der Waals surface area contributed by atoms with Crippen molar-refractivity contribution in [2.24, 2.45) is 0 Å². The first-order valence-electron chi connectivity index (χ1n) is 23.7. The molecule has 8 aromatic rings. The largest absolute Gasteiger partial charge is 0.454 e. The fourth-order valence-corrected chi connectivity index (χ4v) is 12.4. The summed E-state index contributed by atoms with van der Waals surface area (Å²) in [5.41, 5.74) is 24.5. The van der Waals surface area contributed by atoms with Gasteiger partial charge in [-0.1, -0.05) is 140 Å². The van der Waals surface area contributed by atoms with Gasteiger partial charge in [-0.15, -0.1) is 0 Å². The molecule has 0 saturated heterocycles. The second kappa shape index (κ2) is 13.3. The molecule has 0 atom stereocenters. The number of furan rings is 1. The smallest absolute Gasteiger partial charge is 0.252 e. The third kappa shape index (κ3) is 5.60. The molecule has 0 fully saturated rings. The molecule has 2 aliphatic carbocycles. The van der Waals surface area contributed by atoms with Gasteiger partial charge in [0.25, 0.3) is 6.71 Å². The first-order valence-corrected chi connectivity index (χ1v) is 23.7. The van der Waals surface area contributed by atoms with Crippen molar-refractivity contribution in [2.75, 3.05) is 9.80 Å². The molecule has 4 aliphatic rings. The highest BCUT2D eigenvalue weighted by molar-refractivity contribution is 7.00. The van der Waals surface area contributed by atoms with Crippen molar-refractivity contribution < 1.29 is 4.42 Å². The lowest BCUT2D eigenvalue weighted by Gasteiger charge is -2.48. The molecule has 0 unspecified atom stereocenters. The molecule has 0 N–H and O–H groups in total. The van der Waals surface area contributed by atoms with Crippen molar-refractivity contribution in [1.82, 2.24) is 0 Å². The van der Waals surface area contributed by atoms with Gasteiger partial charge in [-0.05, 0) is 165 Å². The maximum absolute atomic E-state index is 6.95. The van der Waals surface area contributed by atoms with Crippen LogP contribution in [-0.4, -0.2) is 6.71 Å². The Morgan fingerprint density at radius 3 is 1.66 bits per heavy atom. The lowest BCUT2D eigenvalue weighted by molar-refractivity contribution is 0.332. The molecular weight excluding hydrogens is 775 g/mol. The van der Waals surface area contributed by atoms with E-state index >= 15 is 0 Å². The first kappa shape index (κ1) is 39.6. The number of para-hydroxylation sites is 2. The zero-order chi connectivity index (χ0) is 44.2. The van der Waals surface area contributed by atoms with E-state index in [9.17, 15) is 0 Å². The Labute approximate surface area is 380 Å². The maximum atomic E-state index is 6.95. The number of anilines is 6. The number of nitrogens with zero attached hydrogens (tertiary/aromatic N) is 2. The van der Waals surface area contributed by atoms with Crippen LogP contribution in [0.25, 0.3) is 33.1 Å². The molecule has 7 aromatic carbocycles. The summed E-state index contributed by atoms with van der Waals surface area (Å²) in [5, 5.41) is 2.30. The number of aryl methyl sites for hydroxylation is 2. The van der Waals surface area contributed by atoms with Gasteiger partial charge in [0.1, 0.15) is 5.58 Å². The van der Waals surface area contributed by atoms with Crippen molar-refractivity contribution in [3.8, 4) is 11.1 Å². The Hall–Kier alpha value is -6.00. The minimum atomic E-state index is 0.00100. The summed E-state index contributed by atoms with van der Waals surface area (Å²) in [4.78, 5) is 5.24. The maximum Gasteiger partial charge on any atom is 0.252 e. The van der Waals surface area contributed by atoms with E-state index in [0.717, 1.165) is 40.5 Å². The monoisotopic (exact) mass is 834 g/mol. The molecule has 0 bridgehead atoms. The number of hydrogen-bond acceptors (Lipinski definition) is 3. The Balaban J connectivity index is 1.22. The second-order valence-corrected chi connectivity index (χ2v) is 22.4. The molecule has 4 heteroatoms. The van der Waals surface area contributed by atoms with Crippen LogP contribution in [0, 0.1) is 13.8 Å². The van der Waals surface area contributed by atoms with E-state index in [0.29, 0.717) is 0 Å². The van der Waals surface area contributed by atoms with E-state index in [4.69, 9.17) is 4.42 Å². The highest BCUT2D eigenvalue weighted by atomic mass is 16.3. The van der Waals surface area contributed by atoms with Crippen molar-refractivity contribution in [3.05, 3.63) is 161 Å². The summed E-state index contributed by atoms with van der Waals surface area (Å²) >= 11 is 0. The van der Waals surface area contributed by atoms with E-state index in [-0.39, 0.29) is 28.4 Å². The average molecular weight is 835 g/mol. The fraction of sp³-hybridized carbons (Fsp3) is 0.300. The Kier molecular flexibility index (Phi) is 8.22. The van der Waals surface area contributed by atoms with Crippen LogP contribution in [0.5, 0.6) is 0 Å². The van der Waals surface area contributed by atoms with Gasteiger partial charge in [-0.25, -0.2) is 0 Å². The minimum absolute atomic E-state index is 0.00100. The van der Waals surface area contributed by atoms with Gasteiger partial charge in [0.05, 0.1) is 5.69 Å². The zero-order valence-electron chi connectivity index (χ0n) is 39.3. The highest BCUT2D eigenvalue weighted by Crippen LogP contribution is 2.54. The quantitative estimate of drug-likeness (QED) is 0.165. The van der Waals surface area contributed by atoms with Gasteiger partial charge in [0.2, 0.25) is 0 Å². The lowest BCUT2D eigenvalue weighted by atomic mass is 9.33. The summed E-state index contributed by atoms with van der Waals surface area (Å²) in [6.45, 7) is 24.3. The van der Waals surface area contributed by atoms with E-state index < -0.39 is 0 Å². The molecule has 12 rings (SSSR count). The lowest BCUT2D eigenvalue weighted by Crippen LogP contribution is -2.62. The summed E-state index contributed by atoms with van der Waals surface area (Å²) in [6.07, 6.45) is 4.68. The number of fused-ring (bicyclic) bond motifs is 9. The topological polar surface area (TPSA) is 19.6 Å². The molecule has 0 amide bonds. The highest BCUT2D eigenvalue weighted by Gasteiger charge is 2.48. The number of hydrogen-bond donors (Lipinski definition) is 0. The molecule has 0 spiro atoms. The SMILES string of the molecule is Cc1cc2c3c(c1)N(c1cccc4c1oc1ccccc14)c1cc4c(cc1B3c1cc(-c3ccccc3)ccc1N2c1cc2c(cc1C)C(C)(C)CCC2(C)C)C(C)(C)CCC4(C)C. The van der Waals surface area contributed by atoms with Crippen LogP contribution < -0.4 is 26.2 Å². The van der Waals surface area contributed by atoms with Crippen molar-refractivity contribution in [3.63, 3.8) is 0 Å². The van der Waals surface area contributed by atoms with Crippen molar-refractivity contribution in [1.29, 1.82) is 0 Å². The van der Waals surface area contributed by atoms with Gasteiger partial charge >= 0.3 is 0 Å². The summed E-state index contributed by atoms with van der Waals surface area (Å²) < 4.78 is 6.95. The van der Waals surface area contributed by atoms with Gasteiger partial charge in [0.15, 0.2) is 5.58 Å². The van der Waals surface area contributed by atoms with Crippen LogP contribution in [0.15, 0.2) is 132 Å². The number of rotatable bonds is 3. The molecule has 0 saturated carbocycles. The average Bonchev–Trinajstić information content (AvgIpc) is 3.66. The van der Waals surface area contributed by atoms with Gasteiger partial charge in [-0.2, -0.15) is 0 Å². The molecule has 3 nitrogen and oxygen atoms in total. The van der Waals surface area contributed by atoms with Crippen LogP contribution >= 0.6 is 0 Å². The Bertz CT molecular complexity index is 3270. The molecule has 1 aromatic heterocycles. The predicted molar refractivity (Wildman–Crippen MR) is 273 cm³/mol. The van der Waals surface area contributed by atoms with Crippen molar-refractivity contribution in [2.45, 2.75) is 117 Å². The summed E-state index contributed by atoms with van der Waals surface area (Å²) in [6, 6.07) is 48.9. The predicted octanol–water partition coefficient (Wildman–Crippen LogP) is 14.7. The van der Waals surface area contributed by atoms with Gasteiger partial charge in [0, 0.05) is 39.2 Å². The minimum Gasteiger partial charge on any atom is -0.454 e. The van der Waals surface area contributed by atoms with E-state index in [1.54, 1.807) is 0 Å². The van der Waals surface area contributed by atoms with Gasteiger partial charge in [-0.3, -0.25) is 0 Å². The van der Waals surface area contributed by atoms with Gasteiger partial charge < -0.3 is 14.2 Å². The summed E-state index contributed by atoms with van der Waals surface area (Å²) in [7, 11) is 0. The molecule has 0 radical (unpaired) electrons. The van der Waals surface area contributed by atoms with E-state index in [2.05, 4.69) is 206 Å². The van der Waals surface area contributed by atoms with Crippen LogP contribution in [-0.2, 0) is 21.7 Å². The Morgan fingerprint density at radius 1 is 0.438 bits per heavy atom. The van der Waals surface area contributed by atoms with Crippen molar-refractivity contribution >= 4 is 79.2 Å². The third-order valence-electron chi connectivity index (χ3n) is 16.3. The second-order valence-electron chi connectivity index (χ2n) is 22.4. The summed E-state index contributed by atoms with van der Waals surface area (Å²) in [5.74, 6) is 0. The molecule has 2 aliphatic heterocycles. The van der Waals surface area contributed by atoms with Crippen LogP contribution in [0.3, 0.4) is 0 Å². The standard InChI is InChI=1S/C60H59BN2O/c1-36-29-52-55-53(30-36)63(49-21-16-20-41-40-19-14-15-22-54(40)64-56(41)49)51-35-45-43(58(5,6)26-28-60(45,9)10)33-47(51)61(55)46-32-39(38-17-12-11-13-18-38)23-24-48(46)62(52)50-34-44-42(31-37(50)2)57(3,4)25-27-59(44,7)8/h11-24,29-35H,25-28H2,1-10H3. The zero-order valence-corrected chi connectivity index (χ0v) is 39.3. The van der Waals surface area contributed by atoms with Crippen LogP contribution in [0.4, 0.5) is 34.1 Å². The first-order chi connectivity index (χ1) is 30.5. The molecular formula is C60H59BN2O. The fourth-order valence-electron chi connectivity index (χ4n) is 12.4. The molecule has 3 heterocycles. The van der Waals surface area contributed by atoms with Crippen LogP contribution in [0.2, 0.25) is 0 Å². The normalized spacial score (nSPS) is 18.3. The van der Waals surface area contributed by atoms with E-state index in [1.807, 2.05) is 0 Å². The molecule has 64 heavy (non-hydrogen) atoms. The number of benzene rings is 7. The molecule has 318 valence electrons. The van der Waals surface area contributed by atoms with Crippen LogP contribution in [0.1, 0.15) is 114 Å².